The molecule has 0 atom stereocenters. The highest BCUT2D eigenvalue weighted by Gasteiger charge is 2.20. The third-order valence-corrected chi connectivity index (χ3v) is 6.90. The second kappa shape index (κ2) is 7.64. The lowest BCUT2D eigenvalue weighted by Crippen LogP contribution is -2.32. The molecule has 1 aliphatic rings. The zero-order valence-corrected chi connectivity index (χ0v) is 17.8. The Kier molecular flexibility index (Phi) is 4.99. The van der Waals surface area contributed by atoms with Crippen molar-refractivity contribution in [3.05, 3.63) is 64.4 Å². The average Bonchev–Trinajstić information content (AvgIpc) is 3.17. The highest BCUT2D eigenvalue weighted by Crippen LogP contribution is 2.40. The minimum atomic E-state index is 0.565. The van der Waals surface area contributed by atoms with Crippen LogP contribution >= 0.6 is 23.2 Å². The van der Waals surface area contributed by atoms with Gasteiger partial charge in [-0.1, -0.05) is 48.3 Å². The van der Waals surface area contributed by atoms with E-state index >= 15 is 0 Å². The molecule has 1 aliphatic heterocycles. The smallest absolute Gasteiger partial charge is 0.137 e. The SMILES string of the molecule is CC1CCN(Cc2cc3c(-c4cc5ccccc5o4)cncc3c(Cl)c2Cl)CC1. The molecule has 0 spiro atoms. The highest BCUT2D eigenvalue weighted by atomic mass is 35.5. The molecule has 148 valence electrons. The molecule has 0 N–H and O–H groups in total. The third kappa shape index (κ3) is 3.52. The largest absolute Gasteiger partial charge is 0.456 e. The molecule has 0 saturated carbocycles. The molecule has 4 aromatic rings. The molecule has 3 heterocycles. The van der Waals surface area contributed by atoms with Crippen molar-refractivity contribution in [2.75, 3.05) is 13.1 Å². The van der Waals surface area contributed by atoms with Crippen molar-refractivity contribution in [2.24, 2.45) is 5.92 Å². The van der Waals surface area contributed by atoms with E-state index in [0.717, 1.165) is 64.2 Å². The number of furan rings is 1. The fraction of sp³-hybridized carbons (Fsp3) is 0.292. The first-order valence-corrected chi connectivity index (χ1v) is 10.8. The number of hydrogen-bond acceptors (Lipinski definition) is 3. The van der Waals surface area contributed by atoms with Crippen molar-refractivity contribution in [3.8, 4) is 11.3 Å². The lowest BCUT2D eigenvalue weighted by Gasteiger charge is -2.30. The first-order chi connectivity index (χ1) is 14.1. The number of fused-ring (bicyclic) bond motifs is 2. The minimum Gasteiger partial charge on any atom is -0.456 e. The van der Waals surface area contributed by atoms with Gasteiger partial charge in [0.05, 0.1) is 10.0 Å². The summed E-state index contributed by atoms with van der Waals surface area (Å²) in [5.74, 6) is 1.59. The first-order valence-electron chi connectivity index (χ1n) is 10.1. The van der Waals surface area contributed by atoms with E-state index in [9.17, 15) is 0 Å². The Hall–Kier alpha value is -2.07. The summed E-state index contributed by atoms with van der Waals surface area (Å²) in [7, 11) is 0. The van der Waals surface area contributed by atoms with Crippen LogP contribution in [0.15, 0.2) is 53.2 Å². The van der Waals surface area contributed by atoms with Gasteiger partial charge in [0.1, 0.15) is 11.3 Å². The van der Waals surface area contributed by atoms with Crippen LogP contribution in [-0.4, -0.2) is 23.0 Å². The number of likely N-dealkylation sites (tertiary alicyclic amines) is 1. The lowest BCUT2D eigenvalue weighted by atomic mass is 9.98. The number of nitrogens with zero attached hydrogens (tertiary/aromatic N) is 2. The predicted octanol–water partition coefficient (Wildman–Crippen LogP) is 7.19. The van der Waals surface area contributed by atoms with E-state index in [1.54, 1.807) is 6.20 Å². The topological polar surface area (TPSA) is 29.3 Å². The van der Waals surface area contributed by atoms with Crippen molar-refractivity contribution in [1.29, 1.82) is 0 Å². The van der Waals surface area contributed by atoms with Crippen LogP contribution in [0.25, 0.3) is 33.1 Å². The van der Waals surface area contributed by atoms with Gasteiger partial charge in [-0.3, -0.25) is 9.88 Å². The molecule has 1 saturated heterocycles. The number of benzene rings is 2. The highest BCUT2D eigenvalue weighted by molar-refractivity contribution is 6.46. The second-order valence-electron chi connectivity index (χ2n) is 8.05. The van der Waals surface area contributed by atoms with Crippen LogP contribution in [0.5, 0.6) is 0 Å². The monoisotopic (exact) mass is 424 g/mol. The van der Waals surface area contributed by atoms with Crippen molar-refractivity contribution in [2.45, 2.75) is 26.3 Å². The standard InChI is InChI=1S/C24H22Cl2N2O/c1-15-6-8-28(9-7-15)14-17-10-18-19(12-27-13-20(18)24(26)23(17)25)22-11-16-4-2-3-5-21(16)29-22/h2-5,10-13,15H,6-9,14H2,1H3. The number of halogens is 2. The van der Waals surface area contributed by atoms with Crippen molar-refractivity contribution >= 4 is 44.9 Å². The zero-order chi connectivity index (χ0) is 20.0. The van der Waals surface area contributed by atoms with Crippen molar-refractivity contribution in [1.82, 2.24) is 9.88 Å². The molecule has 0 bridgehead atoms. The molecule has 2 aromatic heterocycles. The number of rotatable bonds is 3. The van der Waals surface area contributed by atoms with Gasteiger partial charge in [-0.25, -0.2) is 0 Å². The molecule has 5 heteroatoms. The van der Waals surface area contributed by atoms with E-state index < -0.39 is 0 Å². The Morgan fingerprint density at radius 1 is 1.03 bits per heavy atom. The predicted molar refractivity (Wildman–Crippen MR) is 121 cm³/mol. The number of pyridine rings is 1. The maximum absolute atomic E-state index is 6.69. The van der Waals surface area contributed by atoms with Crippen LogP contribution in [-0.2, 0) is 6.54 Å². The summed E-state index contributed by atoms with van der Waals surface area (Å²) >= 11 is 13.4. The molecular weight excluding hydrogens is 403 g/mol. The van der Waals surface area contributed by atoms with Crippen LogP contribution in [0.1, 0.15) is 25.3 Å². The van der Waals surface area contributed by atoms with Gasteiger partial charge in [-0.2, -0.15) is 0 Å². The molecule has 0 amide bonds. The van der Waals surface area contributed by atoms with E-state index in [4.69, 9.17) is 27.6 Å². The average molecular weight is 425 g/mol. The van der Waals surface area contributed by atoms with Gasteiger partial charge in [0.25, 0.3) is 0 Å². The van der Waals surface area contributed by atoms with Crippen LogP contribution in [0.2, 0.25) is 10.0 Å². The molecule has 0 unspecified atom stereocenters. The Morgan fingerprint density at radius 3 is 2.62 bits per heavy atom. The number of hydrogen-bond donors (Lipinski definition) is 0. The fourth-order valence-electron chi connectivity index (χ4n) is 4.18. The summed E-state index contributed by atoms with van der Waals surface area (Å²) in [6, 6.07) is 12.2. The first kappa shape index (κ1) is 18.9. The van der Waals surface area contributed by atoms with Gasteiger partial charge in [-0.05, 0) is 61.0 Å². The third-order valence-electron chi connectivity index (χ3n) is 5.98. The van der Waals surface area contributed by atoms with Gasteiger partial charge in [0.2, 0.25) is 0 Å². The Morgan fingerprint density at radius 2 is 1.83 bits per heavy atom. The van der Waals surface area contributed by atoms with Gasteiger partial charge in [0.15, 0.2) is 0 Å². The van der Waals surface area contributed by atoms with Gasteiger partial charge in [-0.15, -0.1) is 0 Å². The van der Waals surface area contributed by atoms with Crippen LogP contribution in [0, 0.1) is 5.92 Å². The van der Waals surface area contributed by atoms with E-state index in [1.807, 2.05) is 30.5 Å². The number of para-hydroxylation sites is 1. The van der Waals surface area contributed by atoms with E-state index in [0.29, 0.717) is 10.0 Å². The summed E-state index contributed by atoms with van der Waals surface area (Å²) in [5, 5.41) is 4.14. The van der Waals surface area contributed by atoms with Gasteiger partial charge in [0, 0.05) is 35.3 Å². The summed E-state index contributed by atoms with van der Waals surface area (Å²) in [6.07, 6.45) is 6.08. The molecule has 2 aromatic carbocycles. The van der Waals surface area contributed by atoms with Crippen LogP contribution in [0.3, 0.4) is 0 Å². The molecular formula is C24H22Cl2N2O. The summed E-state index contributed by atoms with van der Waals surface area (Å²) in [5.41, 5.74) is 2.86. The van der Waals surface area contributed by atoms with E-state index in [-0.39, 0.29) is 0 Å². The quantitative estimate of drug-likeness (QED) is 0.348. The number of aromatic nitrogens is 1. The summed E-state index contributed by atoms with van der Waals surface area (Å²) < 4.78 is 6.11. The molecule has 5 rings (SSSR count). The molecule has 3 nitrogen and oxygen atoms in total. The summed E-state index contributed by atoms with van der Waals surface area (Å²) in [6.45, 7) is 5.33. The van der Waals surface area contributed by atoms with Gasteiger partial charge < -0.3 is 4.42 Å². The van der Waals surface area contributed by atoms with Crippen LogP contribution < -0.4 is 0 Å². The fourth-order valence-corrected chi connectivity index (χ4v) is 4.67. The second-order valence-corrected chi connectivity index (χ2v) is 8.81. The molecule has 0 aliphatic carbocycles. The van der Waals surface area contributed by atoms with Crippen LogP contribution in [0.4, 0.5) is 0 Å². The summed E-state index contributed by atoms with van der Waals surface area (Å²) in [4.78, 5) is 6.87. The lowest BCUT2D eigenvalue weighted by molar-refractivity contribution is 0.185. The molecule has 1 fully saturated rings. The normalized spacial score (nSPS) is 16.1. The zero-order valence-electron chi connectivity index (χ0n) is 16.3. The van der Waals surface area contributed by atoms with E-state index in [1.165, 1.54) is 12.8 Å². The van der Waals surface area contributed by atoms with Gasteiger partial charge >= 0.3 is 0 Å². The number of piperidine rings is 1. The Bertz CT molecular complexity index is 1160. The van der Waals surface area contributed by atoms with E-state index in [2.05, 4.69) is 28.9 Å². The maximum Gasteiger partial charge on any atom is 0.137 e. The Balaban J connectivity index is 1.61. The van der Waals surface area contributed by atoms with Crippen molar-refractivity contribution < 1.29 is 4.42 Å². The minimum absolute atomic E-state index is 0.565. The molecule has 0 radical (unpaired) electrons. The van der Waals surface area contributed by atoms with Crippen molar-refractivity contribution in [3.63, 3.8) is 0 Å². The maximum atomic E-state index is 6.69. The Labute approximate surface area is 180 Å². The molecule has 29 heavy (non-hydrogen) atoms.